The second-order valence-corrected chi connectivity index (χ2v) is 8.82. The molecule has 146 valence electrons. The molecule has 3 rings (SSSR count). The molecule has 27 heavy (non-hydrogen) atoms. The number of sulfonamides is 1. The molecule has 0 spiro atoms. The first-order valence-corrected chi connectivity index (χ1v) is 10.5. The van der Waals surface area contributed by atoms with Gasteiger partial charge in [0, 0.05) is 11.7 Å². The average molecular weight is 391 g/mol. The molecule has 1 aromatic heterocycles. The molecule has 2 N–H and O–H groups in total. The van der Waals surface area contributed by atoms with Gasteiger partial charge in [-0.05, 0) is 57.7 Å². The van der Waals surface area contributed by atoms with E-state index in [9.17, 15) is 13.2 Å². The first-order valence-electron chi connectivity index (χ1n) is 9.07. The van der Waals surface area contributed by atoms with E-state index in [-0.39, 0.29) is 22.6 Å². The van der Waals surface area contributed by atoms with E-state index in [1.54, 1.807) is 26.0 Å². The van der Waals surface area contributed by atoms with Crippen LogP contribution in [0.1, 0.15) is 50.1 Å². The lowest BCUT2D eigenvalue weighted by Crippen LogP contribution is -2.39. The van der Waals surface area contributed by atoms with Crippen LogP contribution in [0.5, 0.6) is 0 Å². The zero-order valence-electron chi connectivity index (χ0n) is 16.0. The number of carbonyl (C=O) groups excluding carboxylic acids is 1. The third-order valence-corrected chi connectivity index (χ3v) is 6.73. The summed E-state index contributed by atoms with van der Waals surface area (Å²) in [5.74, 6) is 0.288. The second kappa shape index (κ2) is 6.99. The first kappa shape index (κ1) is 19.4. The summed E-state index contributed by atoms with van der Waals surface area (Å²) < 4.78 is 32.7. The van der Waals surface area contributed by atoms with Crippen molar-refractivity contribution in [1.82, 2.24) is 10.5 Å². The summed E-state index contributed by atoms with van der Waals surface area (Å²) in [5.41, 5.74) is 1.17. The quantitative estimate of drug-likeness (QED) is 0.755. The zero-order chi connectivity index (χ0) is 19.8. The Balaban J connectivity index is 1.77. The predicted octanol–water partition coefficient (Wildman–Crippen LogP) is 3.04. The summed E-state index contributed by atoms with van der Waals surface area (Å²) in [5, 5.41) is 6.74. The molecule has 0 saturated heterocycles. The highest BCUT2D eigenvalue weighted by molar-refractivity contribution is 7.92. The Hall–Kier alpha value is -2.35. The van der Waals surface area contributed by atoms with Crippen molar-refractivity contribution in [1.29, 1.82) is 0 Å². The summed E-state index contributed by atoms with van der Waals surface area (Å²) in [6.07, 6.45) is 2.49. The maximum Gasteiger partial charge on any atom is 0.267 e. The Kier molecular flexibility index (Phi) is 5.03. The van der Waals surface area contributed by atoms with Crippen molar-refractivity contribution in [2.45, 2.75) is 63.3 Å². The number of nitrogens with one attached hydrogen (secondary N) is 2. The van der Waals surface area contributed by atoms with E-state index in [1.165, 1.54) is 0 Å². The number of hydrogen-bond acceptors (Lipinski definition) is 5. The lowest BCUT2D eigenvalue weighted by molar-refractivity contribution is -0.124. The Bertz CT molecular complexity index is 924. The molecule has 8 heteroatoms. The normalized spacial score (nSPS) is 16.6. The van der Waals surface area contributed by atoms with Gasteiger partial charge < -0.3 is 9.84 Å². The lowest BCUT2D eigenvalue weighted by atomic mass is 9.94. The topological polar surface area (TPSA) is 101 Å². The van der Waals surface area contributed by atoms with E-state index in [0.29, 0.717) is 11.4 Å². The summed E-state index contributed by atoms with van der Waals surface area (Å²) in [7, 11) is -3.79. The first-order chi connectivity index (χ1) is 12.7. The molecule has 1 heterocycles. The third kappa shape index (κ3) is 3.71. The van der Waals surface area contributed by atoms with Crippen molar-refractivity contribution in [3.8, 4) is 0 Å². The number of anilines is 1. The van der Waals surface area contributed by atoms with Crippen LogP contribution in [0, 0.1) is 13.8 Å². The number of rotatable bonds is 7. The number of amides is 1. The van der Waals surface area contributed by atoms with Crippen LogP contribution >= 0.6 is 0 Å². The van der Waals surface area contributed by atoms with Crippen LogP contribution in [0.3, 0.4) is 0 Å². The molecule has 1 amide bonds. The Morgan fingerprint density at radius 3 is 2.37 bits per heavy atom. The monoisotopic (exact) mass is 391 g/mol. The van der Waals surface area contributed by atoms with E-state index >= 15 is 0 Å². The van der Waals surface area contributed by atoms with Crippen molar-refractivity contribution in [3.63, 3.8) is 0 Å². The molecule has 1 aromatic carbocycles. The van der Waals surface area contributed by atoms with Gasteiger partial charge >= 0.3 is 0 Å². The van der Waals surface area contributed by atoms with Crippen molar-refractivity contribution in [3.05, 3.63) is 41.3 Å². The Morgan fingerprint density at radius 2 is 1.89 bits per heavy atom. The van der Waals surface area contributed by atoms with Crippen molar-refractivity contribution in [2.75, 3.05) is 4.72 Å². The van der Waals surface area contributed by atoms with Crippen LogP contribution in [0.4, 0.5) is 5.69 Å². The minimum absolute atomic E-state index is 0.0425. The van der Waals surface area contributed by atoms with E-state index in [1.807, 2.05) is 26.0 Å². The standard InChI is InChI=1S/C19H25N3O4S/c1-5-12(2)20-18(23)19(10-11-19)15-6-8-16(9-7-15)22-27(24,25)17-13(3)21-26-14(17)4/h6-9,12,22H,5,10-11H2,1-4H3,(H,20,23). The number of carbonyl (C=O) groups is 1. The molecule has 7 nitrogen and oxygen atoms in total. The van der Waals surface area contributed by atoms with Gasteiger partial charge in [0.25, 0.3) is 10.0 Å². The van der Waals surface area contributed by atoms with Crippen LogP contribution in [0.25, 0.3) is 0 Å². The fourth-order valence-electron chi connectivity index (χ4n) is 3.16. The van der Waals surface area contributed by atoms with E-state index in [4.69, 9.17) is 4.52 Å². The van der Waals surface area contributed by atoms with Gasteiger partial charge in [0.2, 0.25) is 5.91 Å². The Morgan fingerprint density at radius 1 is 1.26 bits per heavy atom. The van der Waals surface area contributed by atoms with Gasteiger partial charge in [-0.25, -0.2) is 8.42 Å². The van der Waals surface area contributed by atoms with Gasteiger partial charge in [-0.1, -0.05) is 24.2 Å². The van der Waals surface area contributed by atoms with Gasteiger partial charge in [0.15, 0.2) is 10.7 Å². The van der Waals surface area contributed by atoms with Gasteiger partial charge in [-0.15, -0.1) is 0 Å². The van der Waals surface area contributed by atoms with Crippen LogP contribution in [0.2, 0.25) is 0 Å². The second-order valence-electron chi connectivity index (χ2n) is 7.20. The molecule has 0 radical (unpaired) electrons. The fraction of sp³-hybridized carbons (Fsp3) is 0.474. The van der Waals surface area contributed by atoms with Gasteiger partial charge in [-0.2, -0.15) is 0 Å². The van der Waals surface area contributed by atoms with Crippen LogP contribution in [0.15, 0.2) is 33.7 Å². The van der Waals surface area contributed by atoms with Gasteiger partial charge in [0.1, 0.15) is 5.69 Å². The molecular formula is C19H25N3O4S. The van der Waals surface area contributed by atoms with Gasteiger partial charge in [-0.3, -0.25) is 9.52 Å². The molecule has 0 bridgehead atoms. The molecule has 1 atom stereocenters. The third-order valence-electron chi connectivity index (χ3n) is 5.10. The van der Waals surface area contributed by atoms with Crippen molar-refractivity contribution in [2.24, 2.45) is 0 Å². The molecule has 0 aliphatic heterocycles. The highest BCUT2D eigenvalue weighted by Gasteiger charge is 2.51. The molecule has 1 fully saturated rings. The summed E-state index contributed by atoms with van der Waals surface area (Å²) in [6, 6.07) is 7.13. The van der Waals surface area contributed by atoms with Gasteiger partial charge in [0.05, 0.1) is 5.41 Å². The fourth-order valence-corrected chi connectivity index (χ4v) is 4.55. The number of aromatic nitrogens is 1. The lowest BCUT2D eigenvalue weighted by Gasteiger charge is -2.19. The molecular weight excluding hydrogens is 366 g/mol. The van der Waals surface area contributed by atoms with Crippen molar-refractivity contribution < 1.29 is 17.7 Å². The summed E-state index contributed by atoms with van der Waals surface area (Å²) in [4.78, 5) is 12.7. The maximum atomic E-state index is 12.6. The van der Waals surface area contributed by atoms with Crippen molar-refractivity contribution >= 4 is 21.6 Å². The maximum absolute atomic E-state index is 12.6. The number of benzene rings is 1. The Labute approximate surface area is 159 Å². The number of hydrogen-bond donors (Lipinski definition) is 2. The molecule has 2 aromatic rings. The van der Waals surface area contributed by atoms with Crippen LogP contribution < -0.4 is 10.0 Å². The summed E-state index contributed by atoms with van der Waals surface area (Å²) >= 11 is 0. The minimum Gasteiger partial charge on any atom is -0.360 e. The van der Waals surface area contributed by atoms with Crippen LogP contribution in [-0.2, 0) is 20.2 Å². The van der Waals surface area contributed by atoms with E-state index < -0.39 is 15.4 Å². The highest BCUT2D eigenvalue weighted by atomic mass is 32.2. The van der Waals surface area contributed by atoms with Crippen LogP contribution in [-0.4, -0.2) is 25.5 Å². The van der Waals surface area contributed by atoms with E-state index in [2.05, 4.69) is 15.2 Å². The molecule has 1 aliphatic carbocycles. The zero-order valence-corrected chi connectivity index (χ0v) is 16.8. The minimum atomic E-state index is -3.79. The number of nitrogens with zero attached hydrogens (tertiary/aromatic N) is 1. The smallest absolute Gasteiger partial charge is 0.267 e. The SMILES string of the molecule is CCC(C)NC(=O)C1(c2ccc(NS(=O)(=O)c3c(C)noc3C)cc2)CC1. The average Bonchev–Trinajstić information content (AvgIpc) is 3.35. The number of aryl methyl sites for hydroxylation is 2. The molecule has 1 unspecified atom stereocenters. The molecule has 1 saturated carbocycles. The predicted molar refractivity (Wildman–Crippen MR) is 102 cm³/mol. The molecule has 1 aliphatic rings. The van der Waals surface area contributed by atoms with E-state index in [0.717, 1.165) is 24.8 Å². The largest absolute Gasteiger partial charge is 0.360 e. The summed E-state index contributed by atoms with van der Waals surface area (Å²) in [6.45, 7) is 7.16. The highest BCUT2D eigenvalue weighted by Crippen LogP contribution is 2.48.